The zero-order valence-corrected chi connectivity index (χ0v) is 10.1. The van der Waals surface area contributed by atoms with Gasteiger partial charge in [-0.1, -0.05) is 60.7 Å². The third kappa shape index (κ3) is 2.02. The van der Waals surface area contributed by atoms with Crippen molar-refractivity contribution in [1.82, 2.24) is 4.90 Å². The maximum atomic E-state index is 11.7. The van der Waals surface area contributed by atoms with Gasteiger partial charge in [0, 0.05) is 6.54 Å². The van der Waals surface area contributed by atoms with Crippen LogP contribution < -0.4 is 0 Å². The number of likely N-dealkylation sites (tertiary alicyclic amines) is 1. The molecule has 2 aromatic rings. The lowest BCUT2D eigenvalue weighted by atomic mass is 9.93. The van der Waals surface area contributed by atoms with Crippen LogP contribution in [0.15, 0.2) is 60.7 Å². The molecule has 18 heavy (non-hydrogen) atoms. The molecule has 2 heteroatoms. The molecule has 90 valence electrons. The van der Waals surface area contributed by atoms with Gasteiger partial charge in [0.15, 0.2) is 0 Å². The molecule has 1 aliphatic rings. The Kier molecular flexibility index (Phi) is 2.85. The molecular formula is C16H15NO. The highest BCUT2D eigenvalue weighted by molar-refractivity contribution is 5.83. The van der Waals surface area contributed by atoms with Gasteiger partial charge in [-0.15, -0.1) is 0 Å². The van der Waals surface area contributed by atoms with Crippen molar-refractivity contribution in [1.29, 1.82) is 0 Å². The average Bonchev–Trinajstić information content (AvgIpc) is 2.44. The highest BCUT2D eigenvalue weighted by Crippen LogP contribution is 2.35. The monoisotopic (exact) mass is 237 g/mol. The van der Waals surface area contributed by atoms with E-state index in [2.05, 4.69) is 24.3 Å². The van der Waals surface area contributed by atoms with E-state index in [0.29, 0.717) is 13.0 Å². The SMILES string of the molecule is O=C1C[C@@H](c2ccccc2)N1Cc1ccccc1. The molecule has 1 aliphatic heterocycles. The van der Waals surface area contributed by atoms with E-state index >= 15 is 0 Å². The molecule has 1 amide bonds. The highest BCUT2D eigenvalue weighted by Gasteiger charge is 2.36. The Morgan fingerprint density at radius 1 is 0.944 bits per heavy atom. The lowest BCUT2D eigenvalue weighted by molar-refractivity contribution is -0.147. The van der Waals surface area contributed by atoms with Crippen LogP contribution in [-0.2, 0) is 11.3 Å². The topological polar surface area (TPSA) is 20.3 Å². The molecule has 1 heterocycles. The summed E-state index contributed by atoms with van der Waals surface area (Å²) in [6.07, 6.45) is 0.636. The maximum Gasteiger partial charge on any atom is 0.225 e. The van der Waals surface area contributed by atoms with Crippen molar-refractivity contribution in [3.63, 3.8) is 0 Å². The molecule has 1 saturated heterocycles. The minimum absolute atomic E-state index is 0.243. The number of hydrogen-bond acceptors (Lipinski definition) is 1. The van der Waals surface area contributed by atoms with Crippen molar-refractivity contribution in [2.75, 3.05) is 0 Å². The van der Waals surface area contributed by atoms with Gasteiger partial charge >= 0.3 is 0 Å². The molecule has 0 spiro atoms. The van der Waals surface area contributed by atoms with Gasteiger partial charge in [-0.2, -0.15) is 0 Å². The van der Waals surface area contributed by atoms with E-state index in [1.54, 1.807) is 0 Å². The van der Waals surface area contributed by atoms with Crippen LogP contribution in [0.25, 0.3) is 0 Å². The Balaban J connectivity index is 1.77. The van der Waals surface area contributed by atoms with Crippen molar-refractivity contribution < 1.29 is 4.79 Å². The van der Waals surface area contributed by atoms with Crippen LogP contribution >= 0.6 is 0 Å². The van der Waals surface area contributed by atoms with Gasteiger partial charge in [-0.25, -0.2) is 0 Å². The largest absolute Gasteiger partial charge is 0.331 e. The molecule has 0 radical (unpaired) electrons. The summed E-state index contributed by atoms with van der Waals surface area (Å²) in [5.74, 6) is 0.243. The molecule has 0 bridgehead atoms. The Labute approximate surface area is 107 Å². The molecule has 0 aliphatic carbocycles. The predicted octanol–water partition coefficient (Wildman–Crippen LogP) is 3.16. The summed E-state index contributed by atoms with van der Waals surface area (Å²) in [6, 6.07) is 20.6. The molecule has 3 rings (SSSR count). The van der Waals surface area contributed by atoms with Crippen LogP contribution in [0.3, 0.4) is 0 Å². The Bertz CT molecular complexity index is 536. The van der Waals surface area contributed by atoms with Gasteiger partial charge in [0.1, 0.15) is 0 Å². The fraction of sp³-hybridized carbons (Fsp3) is 0.188. The van der Waals surface area contributed by atoms with Crippen molar-refractivity contribution >= 4 is 5.91 Å². The summed E-state index contributed by atoms with van der Waals surface area (Å²) in [7, 11) is 0. The normalized spacial score (nSPS) is 18.6. The van der Waals surface area contributed by atoms with E-state index in [4.69, 9.17) is 0 Å². The third-order valence-electron chi connectivity index (χ3n) is 3.44. The number of amides is 1. The number of benzene rings is 2. The second-order valence-corrected chi connectivity index (χ2v) is 4.64. The Morgan fingerprint density at radius 3 is 2.17 bits per heavy atom. The second-order valence-electron chi connectivity index (χ2n) is 4.64. The quantitative estimate of drug-likeness (QED) is 0.751. The van der Waals surface area contributed by atoms with E-state index in [1.807, 2.05) is 41.3 Å². The van der Waals surface area contributed by atoms with E-state index in [9.17, 15) is 4.79 Å². The average molecular weight is 237 g/mol. The molecule has 0 N–H and O–H groups in total. The van der Waals surface area contributed by atoms with Gasteiger partial charge in [0.05, 0.1) is 12.5 Å². The summed E-state index contributed by atoms with van der Waals surface area (Å²) < 4.78 is 0. The molecule has 2 aromatic carbocycles. The maximum absolute atomic E-state index is 11.7. The van der Waals surface area contributed by atoms with E-state index in [-0.39, 0.29) is 11.9 Å². The molecular weight excluding hydrogens is 222 g/mol. The van der Waals surface area contributed by atoms with Crippen molar-refractivity contribution in [3.8, 4) is 0 Å². The highest BCUT2D eigenvalue weighted by atomic mass is 16.2. The lowest BCUT2D eigenvalue weighted by Gasteiger charge is -2.41. The number of β-lactam (4-membered cyclic amide) rings is 1. The summed E-state index contributed by atoms with van der Waals surface area (Å²) in [5, 5.41) is 0. The second kappa shape index (κ2) is 4.65. The van der Waals surface area contributed by atoms with E-state index < -0.39 is 0 Å². The van der Waals surface area contributed by atoms with Gasteiger partial charge in [0.25, 0.3) is 0 Å². The molecule has 1 fully saturated rings. The summed E-state index contributed by atoms with van der Waals surface area (Å²) >= 11 is 0. The molecule has 0 aromatic heterocycles. The Hall–Kier alpha value is -2.09. The van der Waals surface area contributed by atoms with Crippen molar-refractivity contribution in [3.05, 3.63) is 71.8 Å². The van der Waals surface area contributed by atoms with Crippen LogP contribution in [0.4, 0.5) is 0 Å². The summed E-state index contributed by atoms with van der Waals surface area (Å²) in [4.78, 5) is 13.7. The number of rotatable bonds is 3. The Morgan fingerprint density at radius 2 is 1.56 bits per heavy atom. The fourth-order valence-corrected chi connectivity index (χ4v) is 2.41. The van der Waals surface area contributed by atoms with Crippen LogP contribution in [0.2, 0.25) is 0 Å². The first kappa shape index (κ1) is 11.0. The van der Waals surface area contributed by atoms with Crippen LogP contribution in [0, 0.1) is 0 Å². The van der Waals surface area contributed by atoms with E-state index in [1.165, 1.54) is 11.1 Å². The van der Waals surface area contributed by atoms with Crippen LogP contribution in [0.1, 0.15) is 23.6 Å². The molecule has 1 atom stereocenters. The van der Waals surface area contributed by atoms with Gasteiger partial charge in [0.2, 0.25) is 5.91 Å². The first-order valence-corrected chi connectivity index (χ1v) is 6.23. The number of carbonyl (C=O) groups is 1. The minimum atomic E-state index is 0.243. The molecule has 0 saturated carbocycles. The zero-order chi connectivity index (χ0) is 12.4. The van der Waals surface area contributed by atoms with Gasteiger partial charge < -0.3 is 4.90 Å². The van der Waals surface area contributed by atoms with Gasteiger partial charge in [-0.05, 0) is 11.1 Å². The third-order valence-corrected chi connectivity index (χ3v) is 3.44. The van der Waals surface area contributed by atoms with Crippen LogP contribution in [-0.4, -0.2) is 10.8 Å². The number of carbonyl (C=O) groups excluding carboxylic acids is 1. The first-order valence-electron chi connectivity index (χ1n) is 6.23. The smallest absolute Gasteiger partial charge is 0.225 e. The fourth-order valence-electron chi connectivity index (χ4n) is 2.41. The lowest BCUT2D eigenvalue weighted by Crippen LogP contribution is -2.45. The van der Waals surface area contributed by atoms with Gasteiger partial charge in [-0.3, -0.25) is 4.79 Å². The molecule has 0 unspecified atom stereocenters. The standard InChI is InChI=1S/C16H15NO/c18-16-11-15(14-9-5-2-6-10-14)17(16)12-13-7-3-1-4-8-13/h1-10,15H,11-12H2/t15-/m0/s1. The van der Waals surface area contributed by atoms with Crippen LogP contribution in [0.5, 0.6) is 0 Å². The summed E-state index contributed by atoms with van der Waals surface area (Å²) in [5.41, 5.74) is 2.42. The van der Waals surface area contributed by atoms with Crippen molar-refractivity contribution in [2.45, 2.75) is 19.0 Å². The zero-order valence-electron chi connectivity index (χ0n) is 10.1. The first-order chi connectivity index (χ1) is 8.84. The number of nitrogens with zero attached hydrogens (tertiary/aromatic N) is 1. The minimum Gasteiger partial charge on any atom is -0.331 e. The summed E-state index contributed by atoms with van der Waals surface area (Å²) in [6.45, 7) is 0.708. The molecule has 2 nitrogen and oxygen atoms in total. The van der Waals surface area contributed by atoms with Crippen molar-refractivity contribution in [2.24, 2.45) is 0 Å². The number of hydrogen-bond donors (Lipinski definition) is 0. The predicted molar refractivity (Wildman–Crippen MR) is 70.8 cm³/mol. The van der Waals surface area contributed by atoms with E-state index in [0.717, 1.165) is 0 Å².